The highest BCUT2D eigenvalue weighted by molar-refractivity contribution is 5.97. The zero-order chi connectivity index (χ0) is 28.1. The third-order valence-electron chi connectivity index (χ3n) is 7.56. The van der Waals surface area contributed by atoms with E-state index in [-0.39, 0.29) is 30.6 Å². The van der Waals surface area contributed by atoms with Crippen LogP contribution in [0.15, 0.2) is 53.6 Å². The third kappa shape index (κ3) is 5.95. The summed E-state index contributed by atoms with van der Waals surface area (Å²) in [6.45, 7) is 1.97. The van der Waals surface area contributed by atoms with Crippen LogP contribution in [-0.4, -0.2) is 76.8 Å². The second-order valence-electron chi connectivity index (χ2n) is 10.1. The number of fused-ring (bicyclic) bond motifs is 1. The number of pyridine rings is 1. The van der Waals surface area contributed by atoms with Crippen LogP contribution in [0.5, 0.6) is 5.75 Å². The molecule has 1 aromatic carbocycles. The summed E-state index contributed by atoms with van der Waals surface area (Å²) in [5.41, 5.74) is -0.264. The molecule has 1 N–H and O–H groups in total. The van der Waals surface area contributed by atoms with E-state index in [4.69, 9.17) is 9.15 Å². The highest BCUT2D eigenvalue weighted by Crippen LogP contribution is 2.36. The number of nitrogens with zero attached hydrogens (tertiary/aromatic N) is 4. The highest BCUT2D eigenvalue weighted by atomic mass is 19.1. The first kappa shape index (κ1) is 27.2. The molecule has 1 spiro atoms. The molecule has 210 valence electrons. The van der Waals surface area contributed by atoms with E-state index in [0.29, 0.717) is 69.3 Å². The number of rotatable bonds is 2. The predicted molar refractivity (Wildman–Crippen MR) is 138 cm³/mol. The summed E-state index contributed by atoms with van der Waals surface area (Å²) in [6.07, 6.45) is 5.39. The molecule has 0 aliphatic carbocycles. The molecule has 12 heteroatoms. The fourth-order valence-electron chi connectivity index (χ4n) is 5.17. The van der Waals surface area contributed by atoms with Crippen LogP contribution in [0, 0.1) is 17.0 Å². The van der Waals surface area contributed by atoms with Gasteiger partial charge in [-0.15, -0.1) is 0 Å². The van der Waals surface area contributed by atoms with Crippen molar-refractivity contribution in [1.29, 1.82) is 0 Å². The van der Waals surface area contributed by atoms with Crippen molar-refractivity contribution in [3.63, 3.8) is 0 Å². The number of piperidine rings is 1. The van der Waals surface area contributed by atoms with Crippen LogP contribution < -0.4 is 10.1 Å². The van der Waals surface area contributed by atoms with Gasteiger partial charge >= 0.3 is 0 Å². The molecule has 4 heterocycles. The molecule has 1 fully saturated rings. The number of carbonyl (C=O) groups excluding carboxylic acids is 3. The molecular weight excluding hydrogens is 524 g/mol. The maximum Gasteiger partial charge on any atom is 0.275 e. The van der Waals surface area contributed by atoms with Crippen molar-refractivity contribution in [2.75, 3.05) is 39.3 Å². The molecule has 0 saturated carbocycles. The van der Waals surface area contributed by atoms with E-state index in [1.54, 1.807) is 29.2 Å². The Balaban J connectivity index is 1.36. The zero-order valence-corrected chi connectivity index (χ0v) is 21.8. The van der Waals surface area contributed by atoms with Gasteiger partial charge in [0.1, 0.15) is 17.8 Å². The average molecular weight is 554 g/mol. The van der Waals surface area contributed by atoms with Crippen molar-refractivity contribution < 1.29 is 32.3 Å². The molecule has 5 rings (SSSR count). The maximum absolute atomic E-state index is 14.2. The first-order chi connectivity index (χ1) is 19.3. The Kier molecular flexibility index (Phi) is 8.04. The lowest BCUT2D eigenvalue weighted by Crippen LogP contribution is -2.49. The highest BCUT2D eigenvalue weighted by Gasteiger charge is 2.38. The Bertz CT molecular complexity index is 1380. The second-order valence-corrected chi connectivity index (χ2v) is 10.1. The lowest BCUT2D eigenvalue weighted by atomic mass is 9.75. The molecular formula is C28H29F2N5O5. The van der Waals surface area contributed by atoms with Gasteiger partial charge in [0, 0.05) is 38.8 Å². The number of halogens is 2. The Morgan fingerprint density at radius 2 is 1.70 bits per heavy atom. The van der Waals surface area contributed by atoms with Crippen LogP contribution in [0.3, 0.4) is 0 Å². The SMILES string of the molecule is O=C1NCC2(CCN(C(=O)c3cocn3)CCCOc3ccccc31)CCN(C(=O)c1ncc(F)cc1F)CC2. The van der Waals surface area contributed by atoms with Crippen molar-refractivity contribution in [3.05, 3.63) is 77.8 Å². The van der Waals surface area contributed by atoms with Crippen LogP contribution in [0.25, 0.3) is 0 Å². The molecule has 1 saturated heterocycles. The number of ether oxygens (including phenoxy) is 1. The number of amides is 3. The molecule has 3 amide bonds. The van der Waals surface area contributed by atoms with Crippen molar-refractivity contribution in [2.24, 2.45) is 5.41 Å². The number of para-hydroxylation sites is 1. The zero-order valence-electron chi connectivity index (χ0n) is 21.8. The van der Waals surface area contributed by atoms with Gasteiger partial charge < -0.3 is 24.3 Å². The van der Waals surface area contributed by atoms with E-state index in [2.05, 4.69) is 15.3 Å². The monoisotopic (exact) mass is 553 g/mol. The van der Waals surface area contributed by atoms with E-state index < -0.39 is 28.7 Å². The van der Waals surface area contributed by atoms with Gasteiger partial charge in [0.25, 0.3) is 17.7 Å². The molecule has 3 aromatic rings. The smallest absolute Gasteiger partial charge is 0.275 e. The summed E-state index contributed by atoms with van der Waals surface area (Å²) in [7, 11) is 0. The molecule has 2 aliphatic rings. The Hall–Kier alpha value is -4.35. The topological polar surface area (TPSA) is 118 Å². The van der Waals surface area contributed by atoms with Crippen molar-refractivity contribution in [3.8, 4) is 5.75 Å². The molecule has 0 bridgehead atoms. The van der Waals surface area contributed by atoms with E-state index >= 15 is 0 Å². The first-order valence-electron chi connectivity index (χ1n) is 13.1. The summed E-state index contributed by atoms with van der Waals surface area (Å²) >= 11 is 0. The van der Waals surface area contributed by atoms with Gasteiger partial charge in [0.05, 0.1) is 18.4 Å². The van der Waals surface area contributed by atoms with Crippen LogP contribution in [-0.2, 0) is 0 Å². The minimum Gasteiger partial charge on any atom is -0.493 e. The van der Waals surface area contributed by atoms with Crippen LogP contribution in [0.1, 0.15) is 57.0 Å². The van der Waals surface area contributed by atoms with Gasteiger partial charge in [-0.1, -0.05) is 12.1 Å². The average Bonchev–Trinajstić information content (AvgIpc) is 3.51. The standard InChI is InChI=1S/C28H29F2N5O5/c29-19-14-21(30)24(31-15-19)27(38)35-11-7-28(8-12-35)6-10-34(26(37)22-16-39-18-33-22)9-3-13-40-23-5-2-1-4-20(23)25(36)32-17-28/h1-2,4-5,14-16,18H,3,6-13,17H2,(H,32,36). The number of oxazole rings is 1. The Morgan fingerprint density at radius 1 is 0.975 bits per heavy atom. The Labute approximate surface area is 229 Å². The number of benzene rings is 1. The number of aromatic nitrogens is 2. The predicted octanol–water partition coefficient (Wildman–Crippen LogP) is 3.32. The molecule has 2 aromatic heterocycles. The quantitative estimate of drug-likeness (QED) is 0.517. The molecule has 2 aliphatic heterocycles. The fourth-order valence-corrected chi connectivity index (χ4v) is 5.17. The number of likely N-dealkylation sites (tertiary alicyclic amines) is 1. The van der Waals surface area contributed by atoms with E-state index in [1.165, 1.54) is 17.6 Å². The van der Waals surface area contributed by atoms with E-state index in [0.717, 1.165) is 6.20 Å². The van der Waals surface area contributed by atoms with Gasteiger partial charge in [-0.3, -0.25) is 14.4 Å². The maximum atomic E-state index is 14.2. The molecule has 0 radical (unpaired) electrons. The van der Waals surface area contributed by atoms with Crippen molar-refractivity contribution >= 4 is 17.7 Å². The minimum atomic E-state index is -1.01. The number of hydrogen-bond donors (Lipinski definition) is 1. The third-order valence-corrected chi connectivity index (χ3v) is 7.56. The Morgan fingerprint density at radius 3 is 2.40 bits per heavy atom. The van der Waals surface area contributed by atoms with Crippen LogP contribution in [0.2, 0.25) is 0 Å². The fraction of sp³-hybridized carbons (Fsp3) is 0.393. The second kappa shape index (κ2) is 11.8. The molecule has 0 atom stereocenters. The number of nitrogens with one attached hydrogen (secondary N) is 1. The summed E-state index contributed by atoms with van der Waals surface area (Å²) in [4.78, 5) is 50.2. The van der Waals surface area contributed by atoms with Gasteiger partial charge in [-0.05, 0) is 43.2 Å². The lowest BCUT2D eigenvalue weighted by Gasteiger charge is -2.43. The van der Waals surface area contributed by atoms with Gasteiger partial charge in [-0.25, -0.2) is 18.7 Å². The van der Waals surface area contributed by atoms with Crippen molar-refractivity contribution in [2.45, 2.75) is 25.7 Å². The number of carbonyl (C=O) groups is 3. The number of hydrogen-bond acceptors (Lipinski definition) is 7. The van der Waals surface area contributed by atoms with Gasteiger partial charge in [0.15, 0.2) is 23.6 Å². The van der Waals surface area contributed by atoms with E-state index in [1.807, 2.05) is 0 Å². The normalized spacial score (nSPS) is 18.0. The van der Waals surface area contributed by atoms with Gasteiger partial charge in [0.2, 0.25) is 0 Å². The summed E-state index contributed by atoms with van der Waals surface area (Å²) < 4.78 is 38.4. The molecule has 10 nitrogen and oxygen atoms in total. The summed E-state index contributed by atoms with van der Waals surface area (Å²) in [6, 6.07) is 7.62. The lowest BCUT2D eigenvalue weighted by molar-refractivity contribution is 0.0484. The minimum absolute atomic E-state index is 0.201. The molecule has 40 heavy (non-hydrogen) atoms. The van der Waals surface area contributed by atoms with Crippen molar-refractivity contribution in [1.82, 2.24) is 25.1 Å². The largest absolute Gasteiger partial charge is 0.493 e. The van der Waals surface area contributed by atoms with E-state index in [9.17, 15) is 23.2 Å². The summed E-state index contributed by atoms with van der Waals surface area (Å²) in [5, 5.41) is 3.03. The van der Waals surface area contributed by atoms with Crippen LogP contribution >= 0.6 is 0 Å². The first-order valence-corrected chi connectivity index (χ1v) is 13.1. The van der Waals surface area contributed by atoms with Gasteiger partial charge in [-0.2, -0.15) is 0 Å². The summed E-state index contributed by atoms with van der Waals surface area (Å²) in [5.74, 6) is -2.58. The van der Waals surface area contributed by atoms with Crippen LogP contribution in [0.4, 0.5) is 8.78 Å². The molecule has 0 unspecified atom stereocenters.